The fraction of sp³-hybridized carbons (Fsp3) is 0.500. The molecule has 0 bridgehead atoms. The lowest BCUT2D eigenvalue weighted by Gasteiger charge is -2.15. The molecule has 0 saturated heterocycles. The van der Waals surface area contributed by atoms with Gasteiger partial charge in [0.2, 0.25) is 0 Å². The third-order valence-corrected chi connectivity index (χ3v) is 4.07. The third kappa shape index (κ3) is 2.23. The Labute approximate surface area is 114 Å². The van der Waals surface area contributed by atoms with E-state index in [0.717, 1.165) is 12.2 Å². The van der Waals surface area contributed by atoms with Gasteiger partial charge in [-0.1, -0.05) is 6.42 Å². The first-order chi connectivity index (χ1) is 9.33. The Morgan fingerprint density at radius 1 is 1.37 bits per heavy atom. The van der Waals surface area contributed by atoms with Crippen LogP contribution in [0.3, 0.4) is 0 Å². The number of rotatable bonds is 3. The van der Waals surface area contributed by atoms with Crippen molar-refractivity contribution in [3.8, 4) is 5.75 Å². The Balaban J connectivity index is 2.14. The van der Waals surface area contributed by atoms with E-state index in [1.807, 2.05) is 6.92 Å². The second-order valence-electron chi connectivity index (χ2n) is 5.24. The molecule has 0 fully saturated rings. The number of H-pyrrole nitrogens is 1. The molecule has 3 heteroatoms. The summed E-state index contributed by atoms with van der Waals surface area (Å²) in [5.41, 5.74) is 4.09. The molecule has 102 valence electrons. The smallest absolute Gasteiger partial charge is 0.120 e. The number of aromatic nitrogens is 1. The van der Waals surface area contributed by atoms with Crippen LogP contribution >= 0.6 is 0 Å². The third-order valence-electron chi connectivity index (χ3n) is 4.07. The standard InChI is InChI=1S/C16H22N2O/c1-3-19-11-8-9-13-12(10-11)16-14(17-2)6-4-5-7-15(16)18-13/h8-10,14,17-18H,3-7H2,1-2H3. The van der Waals surface area contributed by atoms with Gasteiger partial charge in [0.15, 0.2) is 0 Å². The first-order valence-corrected chi connectivity index (χ1v) is 7.28. The summed E-state index contributed by atoms with van der Waals surface area (Å²) in [4.78, 5) is 3.59. The van der Waals surface area contributed by atoms with E-state index >= 15 is 0 Å². The van der Waals surface area contributed by atoms with Crippen LogP contribution in [-0.2, 0) is 6.42 Å². The normalized spacial score (nSPS) is 19.2. The molecule has 1 aromatic carbocycles. The van der Waals surface area contributed by atoms with Crippen molar-refractivity contribution in [2.24, 2.45) is 0 Å². The number of aromatic amines is 1. The van der Waals surface area contributed by atoms with Crippen LogP contribution in [0.15, 0.2) is 18.2 Å². The van der Waals surface area contributed by atoms with Crippen LogP contribution < -0.4 is 10.1 Å². The van der Waals surface area contributed by atoms with Gasteiger partial charge in [-0.15, -0.1) is 0 Å². The second kappa shape index (κ2) is 5.25. The van der Waals surface area contributed by atoms with Gasteiger partial charge in [-0.25, -0.2) is 0 Å². The zero-order valence-corrected chi connectivity index (χ0v) is 11.8. The maximum absolute atomic E-state index is 5.64. The van der Waals surface area contributed by atoms with Gasteiger partial charge < -0.3 is 15.0 Å². The lowest BCUT2D eigenvalue weighted by atomic mass is 10.0. The van der Waals surface area contributed by atoms with E-state index in [2.05, 4.69) is 35.5 Å². The van der Waals surface area contributed by atoms with Crippen molar-refractivity contribution < 1.29 is 4.74 Å². The highest BCUT2D eigenvalue weighted by Crippen LogP contribution is 2.36. The highest BCUT2D eigenvalue weighted by atomic mass is 16.5. The van der Waals surface area contributed by atoms with Gasteiger partial charge in [0.1, 0.15) is 5.75 Å². The molecule has 0 amide bonds. The van der Waals surface area contributed by atoms with Gasteiger partial charge in [0.25, 0.3) is 0 Å². The van der Waals surface area contributed by atoms with Crippen LogP contribution in [-0.4, -0.2) is 18.6 Å². The van der Waals surface area contributed by atoms with E-state index in [-0.39, 0.29) is 0 Å². The Bertz CT molecular complexity index is 573. The lowest BCUT2D eigenvalue weighted by molar-refractivity contribution is 0.340. The van der Waals surface area contributed by atoms with Gasteiger partial charge in [-0.05, 0) is 57.0 Å². The molecule has 0 spiro atoms. The van der Waals surface area contributed by atoms with Gasteiger partial charge in [0, 0.05) is 22.6 Å². The number of nitrogens with one attached hydrogen (secondary N) is 2. The van der Waals surface area contributed by atoms with Crippen molar-refractivity contribution in [3.05, 3.63) is 29.5 Å². The van der Waals surface area contributed by atoms with Gasteiger partial charge in [-0.2, -0.15) is 0 Å². The second-order valence-corrected chi connectivity index (χ2v) is 5.24. The molecular formula is C16H22N2O. The summed E-state index contributed by atoms with van der Waals surface area (Å²) in [6.07, 6.45) is 4.94. The fourth-order valence-corrected chi connectivity index (χ4v) is 3.18. The molecule has 0 saturated carbocycles. The molecule has 1 aromatic heterocycles. The van der Waals surface area contributed by atoms with Crippen LogP contribution in [0.2, 0.25) is 0 Å². The summed E-state index contributed by atoms with van der Waals surface area (Å²) >= 11 is 0. The van der Waals surface area contributed by atoms with Crippen LogP contribution in [0.5, 0.6) is 5.75 Å². The van der Waals surface area contributed by atoms with E-state index in [4.69, 9.17) is 4.74 Å². The molecule has 2 aromatic rings. The number of ether oxygens (including phenoxy) is 1. The van der Waals surface area contributed by atoms with E-state index in [1.54, 1.807) is 0 Å². The van der Waals surface area contributed by atoms with E-state index < -0.39 is 0 Å². The van der Waals surface area contributed by atoms with Crippen molar-refractivity contribution in [2.45, 2.75) is 38.6 Å². The van der Waals surface area contributed by atoms with Crippen molar-refractivity contribution in [2.75, 3.05) is 13.7 Å². The van der Waals surface area contributed by atoms with Crippen LogP contribution in [0.25, 0.3) is 10.9 Å². The monoisotopic (exact) mass is 258 g/mol. The summed E-state index contributed by atoms with van der Waals surface area (Å²) in [7, 11) is 2.06. The van der Waals surface area contributed by atoms with Gasteiger partial charge in [0.05, 0.1) is 6.61 Å². The number of fused-ring (bicyclic) bond motifs is 3. The molecule has 1 atom stereocenters. The molecule has 3 rings (SSSR count). The van der Waals surface area contributed by atoms with Crippen LogP contribution in [0, 0.1) is 0 Å². The number of hydrogen-bond donors (Lipinski definition) is 2. The largest absolute Gasteiger partial charge is 0.494 e. The molecule has 1 aliphatic rings. The van der Waals surface area contributed by atoms with Crippen molar-refractivity contribution >= 4 is 10.9 Å². The fourth-order valence-electron chi connectivity index (χ4n) is 3.18. The molecular weight excluding hydrogens is 236 g/mol. The Morgan fingerprint density at radius 3 is 3.05 bits per heavy atom. The maximum Gasteiger partial charge on any atom is 0.120 e. The minimum absolute atomic E-state index is 0.461. The number of aryl methyl sites for hydroxylation is 1. The minimum Gasteiger partial charge on any atom is -0.494 e. The number of benzene rings is 1. The van der Waals surface area contributed by atoms with Crippen LogP contribution in [0.4, 0.5) is 0 Å². The maximum atomic E-state index is 5.64. The molecule has 3 nitrogen and oxygen atoms in total. The van der Waals surface area contributed by atoms with Crippen molar-refractivity contribution in [1.82, 2.24) is 10.3 Å². The average molecular weight is 258 g/mol. The SMILES string of the molecule is CCOc1ccc2[nH]c3c(c2c1)C(NC)CCCC3. The van der Waals surface area contributed by atoms with Gasteiger partial charge >= 0.3 is 0 Å². The highest BCUT2D eigenvalue weighted by Gasteiger charge is 2.22. The molecule has 2 N–H and O–H groups in total. The zero-order chi connectivity index (χ0) is 13.2. The minimum atomic E-state index is 0.461. The van der Waals surface area contributed by atoms with Crippen molar-refractivity contribution in [1.29, 1.82) is 0 Å². The first kappa shape index (κ1) is 12.5. The summed E-state index contributed by atoms with van der Waals surface area (Å²) in [6, 6.07) is 6.84. The topological polar surface area (TPSA) is 37.0 Å². The molecule has 1 unspecified atom stereocenters. The average Bonchev–Trinajstić information content (AvgIpc) is 2.65. The Morgan fingerprint density at radius 2 is 2.26 bits per heavy atom. The van der Waals surface area contributed by atoms with Gasteiger partial charge in [-0.3, -0.25) is 0 Å². The van der Waals surface area contributed by atoms with E-state index in [9.17, 15) is 0 Å². The number of hydrogen-bond acceptors (Lipinski definition) is 2. The van der Waals surface area contributed by atoms with E-state index in [1.165, 1.54) is 41.4 Å². The zero-order valence-electron chi connectivity index (χ0n) is 11.8. The Kier molecular flexibility index (Phi) is 3.47. The summed E-state index contributed by atoms with van der Waals surface area (Å²) in [5.74, 6) is 0.968. The molecule has 19 heavy (non-hydrogen) atoms. The first-order valence-electron chi connectivity index (χ1n) is 7.28. The van der Waals surface area contributed by atoms with Crippen molar-refractivity contribution in [3.63, 3.8) is 0 Å². The summed E-state index contributed by atoms with van der Waals surface area (Å²) in [6.45, 7) is 2.74. The highest BCUT2D eigenvalue weighted by molar-refractivity contribution is 5.86. The Hall–Kier alpha value is -1.48. The van der Waals surface area contributed by atoms with E-state index in [0.29, 0.717) is 12.6 Å². The molecule has 0 aliphatic heterocycles. The molecule has 1 heterocycles. The summed E-state index contributed by atoms with van der Waals surface area (Å²) < 4.78 is 5.64. The predicted octanol–water partition coefficient (Wildman–Crippen LogP) is 3.55. The molecule has 0 radical (unpaired) electrons. The quantitative estimate of drug-likeness (QED) is 0.826. The lowest BCUT2D eigenvalue weighted by Crippen LogP contribution is -2.16. The van der Waals surface area contributed by atoms with Crippen LogP contribution in [0.1, 0.15) is 43.5 Å². The summed E-state index contributed by atoms with van der Waals surface area (Å²) in [5, 5.41) is 4.79. The predicted molar refractivity (Wildman–Crippen MR) is 78.8 cm³/mol. The molecule has 1 aliphatic carbocycles.